The number of hydrogen-bond donors (Lipinski definition) is 2. The van der Waals surface area contributed by atoms with Gasteiger partial charge in [0.05, 0.1) is 0 Å². The second kappa shape index (κ2) is 4.97. The van der Waals surface area contributed by atoms with Crippen molar-refractivity contribution in [3.05, 3.63) is 0 Å². The van der Waals surface area contributed by atoms with E-state index in [1.807, 2.05) is 0 Å². The number of nitrogens with one attached hydrogen (secondary N) is 2. The van der Waals surface area contributed by atoms with Crippen molar-refractivity contribution in [3.63, 3.8) is 0 Å². The van der Waals surface area contributed by atoms with Crippen molar-refractivity contribution in [3.8, 4) is 0 Å². The third kappa shape index (κ3) is 4.10. The van der Waals surface area contributed by atoms with Crippen LogP contribution in [0.2, 0.25) is 0 Å². The summed E-state index contributed by atoms with van der Waals surface area (Å²) in [6.07, 6.45) is 4.00. The smallest absolute Gasteiger partial charge is 0.00106 e. The summed E-state index contributed by atoms with van der Waals surface area (Å²) in [7, 11) is 0. The van der Waals surface area contributed by atoms with E-state index in [1.165, 1.54) is 38.9 Å². The Bertz CT molecular complexity index is 135. The fraction of sp³-hybridized carbons (Fsp3) is 1.00. The van der Waals surface area contributed by atoms with Gasteiger partial charge in [0.2, 0.25) is 0 Å². The maximum atomic E-state index is 3.56. The monoisotopic (exact) mass is 184 g/mol. The van der Waals surface area contributed by atoms with Gasteiger partial charge in [-0.15, -0.1) is 0 Å². The molecule has 1 aliphatic rings. The van der Waals surface area contributed by atoms with Crippen LogP contribution in [0.3, 0.4) is 0 Å². The first-order chi connectivity index (χ1) is 6.12. The van der Waals surface area contributed by atoms with Crippen LogP contribution in [0.25, 0.3) is 0 Å². The molecule has 1 aliphatic heterocycles. The fourth-order valence-corrected chi connectivity index (χ4v) is 1.91. The van der Waals surface area contributed by atoms with Crippen LogP contribution in [0, 0.1) is 5.41 Å². The van der Waals surface area contributed by atoms with Crippen LogP contribution in [0.1, 0.15) is 40.0 Å². The minimum atomic E-state index is 0.522. The van der Waals surface area contributed by atoms with Gasteiger partial charge in [-0.3, -0.25) is 0 Å². The molecule has 2 N–H and O–H groups in total. The van der Waals surface area contributed by atoms with Crippen LogP contribution in [0.15, 0.2) is 0 Å². The lowest BCUT2D eigenvalue weighted by atomic mass is 9.82. The Balaban J connectivity index is 2.33. The molecule has 13 heavy (non-hydrogen) atoms. The minimum absolute atomic E-state index is 0.522. The summed E-state index contributed by atoms with van der Waals surface area (Å²) in [4.78, 5) is 0. The average Bonchev–Trinajstić information content (AvgIpc) is 2.28. The van der Waals surface area contributed by atoms with Crippen molar-refractivity contribution in [1.82, 2.24) is 10.6 Å². The molecule has 1 saturated heterocycles. The van der Waals surface area contributed by atoms with Gasteiger partial charge in [0.1, 0.15) is 0 Å². The lowest BCUT2D eigenvalue weighted by Crippen LogP contribution is -2.36. The van der Waals surface area contributed by atoms with Gasteiger partial charge in [-0.1, -0.05) is 20.8 Å². The molecule has 1 fully saturated rings. The molecule has 0 radical (unpaired) electrons. The Labute approximate surface area is 82.5 Å². The van der Waals surface area contributed by atoms with Crippen molar-refractivity contribution in [2.75, 3.05) is 19.6 Å². The van der Waals surface area contributed by atoms with Gasteiger partial charge in [0.25, 0.3) is 0 Å². The molecule has 2 nitrogen and oxygen atoms in total. The standard InChI is InChI=1S/C11H24N2/c1-10(2)13-9-11(3)5-4-7-12-8-6-11/h10,12-13H,4-9H2,1-3H3. The van der Waals surface area contributed by atoms with Gasteiger partial charge in [0.15, 0.2) is 0 Å². The molecule has 0 aromatic rings. The van der Waals surface area contributed by atoms with E-state index in [0.717, 1.165) is 0 Å². The highest BCUT2D eigenvalue weighted by Crippen LogP contribution is 2.27. The van der Waals surface area contributed by atoms with E-state index < -0.39 is 0 Å². The molecule has 78 valence electrons. The predicted molar refractivity (Wildman–Crippen MR) is 58.0 cm³/mol. The molecule has 0 amide bonds. The Morgan fingerprint density at radius 2 is 2.08 bits per heavy atom. The number of rotatable bonds is 3. The summed E-state index contributed by atoms with van der Waals surface area (Å²) >= 11 is 0. The predicted octanol–water partition coefficient (Wildman–Crippen LogP) is 1.76. The Morgan fingerprint density at radius 3 is 2.77 bits per heavy atom. The molecule has 1 atom stereocenters. The van der Waals surface area contributed by atoms with E-state index in [1.54, 1.807) is 0 Å². The van der Waals surface area contributed by atoms with Crippen molar-refractivity contribution in [1.29, 1.82) is 0 Å². The minimum Gasteiger partial charge on any atom is -0.317 e. The summed E-state index contributed by atoms with van der Waals surface area (Å²) in [5, 5.41) is 7.02. The zero-order chi connectivity index (χ0) is 9.73. The molecule has 1 unspecified atom stereocenters. The highest BCUT2D eigenvalue weighted by Gasteiger charge is 2.24. The molecule has 0 aliphatic carbocycles. The molecule has 1 heterocycles. The largest absolute Gasteiger partial charge is 0.317 e. The van der Waals surface area contributed by atoms with Crippen LogP contribution in [-0.2, 0) is 0 Å². The van der Waals surface area contributed by atoms with Crippen molar-refractivity contribution in [2.24, 2.45) is 5.41 Å². The maximum absolute atomic E-state index is 3.56. The van der Waals surface area contributed by atoms with Crippen LogP contribution in [0.4, 0.5) is 0 Å². The second-order valence-electron chi connectivity index (χ2n) is 4.95. The average molecular weight is 184 g/mol. The van der Waals surface area contributed by atoms with E-state index in [-0.39, 0.29) is 0 Å². The lowest BCUT2D eigenvalue weighted by molar-refractivity contribution is 0.262. The first-order valence-corrected chi connectivity index (χ1v) is 5.56. The molecule has 0 bridgehead atoms. The Kier molecular flexibility index (Phi) is 4.20. The summed E-state index contributed by atoms with van der Waals surface area (Å²) in [5.41, 5.74) is 0.522. The van der Waals surface area contributed by atoms with Crippen LogP contribution in [-0.4, -0.2) is 25.7 Å². The molecule has 0 spiro atoms. The normalized spacial score (nSPS) is 30.5. The fourth-order valence-electron chi connectivity index (χ4n) is 1.91. The zero-order valence-electron chi connectivity index (χ0n) is 9.32. The van der Waals surface area contributed by atoms with Gasteiger partial charge < -0.3 is 10.6 Å². The zero-order valence-corrected chi connectivity index (χ0v) is 9.32. The van der Waals surface area contributed by atoms with E-state index >= 15 is 0 Å². The van der Waals surface area contributed by atoms with E-state index in [9.17, 15) is 0 Å². The SMILES string of the molecule is CC(C)NCC1(C)CCCNCC1. The van der Waals surface area contributed by atoms with E-state index in [4.69, 9.17) is 0 Å². The maximum Gasteiger partial charge on any atom is 0.00106 e. The molecule has 1 rings (SSSR count). The summed E-state index contributed by atoms with van der Waals surface area (Å²) in [6.45, 7) is 10.4. The summed E-state index contributed by atoms with van der Waals surface area (Å²) in [5.74, 6) is 0. The van der Waals surface area contributed by atoms with Crippen LogP contribution < -0.4 is 10.6 Å². The van der Waals surface area contributed by atoms with Gasteiger partial charge in [-0.05, 0) is 37.8 Å². The van der Waals surface area contributed by atoms with Gasteiger partial charge in [0, 0.05) is 12.6 Å². The second-order valence-corrected chi connectivity index (χ2v) is 4.95. The summed E-state index contributed by atoms with van der Waals surface area (Å²) in [6, 6.07) is 0.619. The van der Waals surface area contributed by atoms with Gasteiger partial charge in [-0.25, -0.2) is 0 Å². The van der Waals surface area contributed by atoms with Crippen molar-refractivity contribution >= 4 is 0 Å². The van der Waals surface area contributed by atoms with Crippen LogP contribution in [0.5, 0.6) is 0 Å². The summed E-state index contributed by atoms with van der Waals surface area (Å²) < 4.78 is 0. The first-order valence-electron chi connectivity index (χ1n) is 5.56. The van der Waals surface area contributed by atoms with Crippen molar-refractivity contribution in [2.45, 2.75) is 46.1 Å². The molecule has 0 aromatic carbocycles. The molecule has 0 aromatic heterocycles. The third-order valence-corrected chi connectivity index (χ3v) is 2.98. The Morgan fingerprint density at radius 1 is 1.31 bits per heavy atom. The third-order valence-electron chi connectivity index (χ3n) is 2.98. The highest BCUT2D eigenvalue weighted by atomic mass is 14.9. The molecule has 2 heteroatoms. The van der Waals surface area contributed by atoms with Crippen molar-refractivity contribution < 1.29 is 0 Å². The van der Waals surface area contributed by atoms with Crippen LogP contribution >= 0.6 is 0 Å². The van der Waals surface area contributed by atoms with Gasteiger partial charge >= 0.3 is 0 Å². The van der Waals surface area contributed by atoms with Gasteiger partial charge in [-0.2, -0.15) is 0 Å². The quantitative estimate of drug-likeness (QED) is 0.698. The first kappa shape index (κ1) is 11.0. The molecular weight excluding hydrogens is 160 g/mol. The lowest BCUT2D eigenvalue weighted by Gasteiger charge is -2.29. The Hall–Kier alpha value is -0.0800. The van der Waals surface area contributed by atoms with E-state index in [2.05, 4.69) is 31.4 Å². The molecular formula is C11H24N2. The topological polar surface area (TPSA) is 24.1 Å². The highest BCUT2D eigenvalue weighted by molar-refractivity contribution is 4.81. The number of hydrogen-bond acceptors (Lipinski definition) is 2. The van der Waals surface area contributed by atoms with E-state index in [0.29, 0.717) is 11.5 Å². The molecule has 0 saturated carbocycles.